The van der Waals surface area contributed by atoms with E-state index in [0.29, 0.717) is 19.6 Å². The molecule has 0 saturated carbocycles. The van der Waals surface area contributed by atoms with Crippen LogP contribution in [0.1, 0.15) is 31.4 Å². The largest absolute Gasteiger partial charge is 0.490 e. The van der Waals surface area contributed by atoms with Crippen LogP contribution in [0.5, 0.6) is 11.5 Å². The van der Waals surface area contributed by atoms with Gasteiger partial charge in [0.2, 0.25) is 0 Å². The monoisotopic (exact) mass is 342 g/mol. The summed E-state index contributed by atoms with van der Waals surface area (Å²) in [7, 11) is 0. The van der Waals surface area contributed by atoms with Gasteiger partial charge in [-0.2, -0.15) is 0 Å². The summed E-state index contributed by atoms with van der Waals surface area (Å²) in [4.78, 5) is 11.1. The first kappa shape index (κ1) is 15.2. The fraction of sp³-hybridized carbons (Fsp3) is 0.533. The fourth-order valence-corrected chi connectivity index (χ4v) is 2.98. The van der Waals surface area contributed by atoms with E-state index in [1.54, 1.807) is 6.92 Å². The van der Waals surface area contributed by atoms with E-state index in [4.69, 9.17) is 14.6 Å². The Morgan fingerprint density at radius 2 is 2.10 bits per heavy atom. The Labute approximate surface area is 127 Å². The molecule has 0 amide bonds. The van der Waals surface area contributed by atoms with Crippen molar-refractivity contribution < 1.29 is 19.4 Å². The molecule has 0 aromatic heterocycles. The summed E-state index contributed by atoms with van der Waals surface area (Å²) < 4.78 is 12.4. The van der Waals surface area contributed by atoms with Crippen LogP contribution in [0.15, 0.2) is 10.5 Å². The summed E-state index contributed by atoms with van der Waals surface area (Å²) in [6.07, 6.45) is 2.12. The first-order valence-electron chi connectivity index (χ1n) is 6.87. The normalized spacial score (nSPS) is 15.6. The Bertz CT molecular complexity index is 513. The van der Waals surface area contributed by atoms with Crippen LogP contribution in [0.4, 0.5) is 0 Å². The molecule has 0 saturated heterocycles. The first-order chi connectivity index (χ1) is 9.54. The summed E-state index contributed by atoms with van der Waals surface area (Å²) in [6, 6.07) is 1.89. The SMILES string of the molecule is CCc1c(CC(C)C(=O)O)c(Br)cc2c1OCCCO2. The summed E-state index contributed by atoms with van der Waals surface area (Å²) >= 11 is 3.54. The van der Waals surface area contributed by atoms with E-state index < -0.39 is 11.9 Å². The molecule has 1 aromatic carbocycles. The number of hydrogen-bond donors (Lipinski definition) is 1. The smallest absolute Gasteiger partial charge is 0.306 e. The second-order valence-corrected chi connectivity index (χ2v) is 5.84. The number of aliphatic carboxylic acids is 1. The summed E-state index contributed by atoms with van der Waals surface area (Å²) in [6.45, 7) is 5.05. The molecule has 1 aromatic rings. The number of fused-ring (bicyclic) bond motifs is 1. The zero-order valence-electron chi connectivity index (χ0n) is 11.7. The van der Waals surface area contributed by atoms with Crippen molar-refractivity contribution >= 4 is 21.9 Å². The topological polar surface area (TPSA) is 55.8 Å². The first-order valence-corrected chi connectivity index (χ1v) is 7.66. The highest BCUT2D eigenvalue weighted by atomic mass is 79.9. The van der Waals surface area contributed by atoms with Crippen molar-refractivity contribution in [2.45, 2.75) is 33.1 Å². The molecule has 1 heterocycles. The molecule has 0 aliphatic carbocycles. The van der Waals surface area contributed by atoms with Crippen LogP contribution < -0.4 is 9.47 Å². The van der Waals surface area contributed by atoms with Gasteiger partial charge in [-0.3, -0.25) is 4.79 Å². The lowest BCUT2D eigenvalue weighted by Gasteiger charge is -2.19. The van der Waals surface area contributed by atoms with Gasteiger partial charge in [0.1, 0.15) is 0 Å². The standard InChI is InChI=1S/C15H19BrO4/c1-3-10-11(7-9(2)15(17)18)12(16)8-13-14(10)20-6-4-5-19-13/h8-9H,3-7H2,1-2H3,(H,17,18). The van der Waals surface area contributed by atoms with Crippen LogP contribution in [0, 0.1) is 5.92 Å². The minimum Gasteiger partial charge on any atom is -0.490 e. The van der Waals surface area contributed by atoms with Crippen LogP contribution in [0.3, 0.4) is 0 Å². The molecule has 1 atom stereocenters. The zero-order chi connectivity index (χ0) is 14.7. The Morgan fingerprint density at radius 3 is 2.75 bits per heavy atom. The molecule has 4 nitrogen and oxygen atoms in total. The molecule has 0 spiro atoms. The molecule has 0 bridgehead atoms. The van der Waals surface area contributed by atoms with Crippen molar-refractivity contribution in [1.29, 1.82) is 0 Å². The van der Waals surface area contributed by atoms with Gasteiger partial charge in [0.05, 0.1) is 19.1 Å². The van der Waals surface area contributed by atoms with Crippen LogP contribution in [0.2, 0.25) is 0 Å². The second-order valence-electron chi connectivity index (χ2n) is 4.99. The maximum atomic E-state index is 11.1. The number of ether oxygens (including phenoxy) is 2. The van der Waals surface area contributed by atoms with E-state index in [2.05, 4.69) is 15.9 Å². The van der Waals surface area contributed by atoms with Crippen LogP contribution in [0.25, 0.3) is 0 Å². The fourth-order valence-electron chi connectivity index (χ4n) is 2.37. The van der Waals surface area contributed by atoms with Gasteiger partial charge in [-0.15, -0.1) is 0 Å². The van der Waals surface area contributed by atoms with Crippen molar-refractivity contribution in [3.05, 3.63) is 21.7 Å². The number of benzene rings is 1. The lowest BCUT2D eigenvalue weighted by molar-refractivity contribution is -0.141. The Hall–Kier alpha value is -1.23. The highest BCUT2D eigenvalue weighted by Crippen LogP contribution is 2.41. The zero-order valence-corrected chi connectivity index (χ0v) is 13.3. The van der Waals surface area contributed by atoms with Gasteiger partial charge in [-0.1, -0.05) is 29.8 Å². The lowest BCUT2D eigenvalue weighted by atomic mass is 9.94. The molecule has 5 heteroatoms. The van der Waals surface area contributed by atoms with E-state index in [1.807, 2.05) is 13.0 Å². The minimum absolute atomic E-state index is 0.429. The van der Waals surface area contributed by atoms with Crippen LogP contribution in [-0.4, -0.2) is 24.3 Å². The van der Waals surface area contributed by atoms with Gasteiger partial charge in [0.25, 0.3) is 0 Å². The Kier molecular flexibility index (Phi) is 4.91. The molecule has 0 radical (unpaired) electrons. The Morgan fingerprint density at radius 1 is 1.40 bits per heavy atom. The number of carboxylic acid groups (broad SMARTS) is 1. The maximum Gasteiger partial charge on any atom is 0.306 e. The minimum atomic E-state index is -0.786. The molecule has 1 unspecified atom stereocenters. The molecular formula is C15H19BrO4. The molecule has 1 aliphatic rings. The molecule has 20 heavy (non-hydrogen) atoms. The van der Waals surface area contributed by atoms with E-state index in [0.717, 1.165) is 39.9 Å². The van der Waals surface area contributed by atoms with Gasteiger partial charge in [0.15, 0.2) is 11.5 Å². The van der Waals surface area contributed by atoms with Crippen LogP contribution in [-0.2, 0) is 17.6 Å². The third kappa shape index (κ3) is 3.08. The third-order valence-corrected chi connectivity index (χ3v) is 4.19. The van der Waals surface area contributed by atoms with E-state index in [1.165, 1.54) is 0 Å². The summed E-state index contributed by atoms with van der Waals surface area (Å²) in [5.74, 6) is 0.311. The molecule has 1 N–H and O–H groups in total. The quantitative estimate of drug-likeness (QED) is 0.910. The van der Waals surface area contributed by atoms with Gasteiger partial charge in [0, 0.05) is 16.5 Å². The van der Waals surface area contributed by atoms with Gasteiger partial charge < -0.3 is 14.6 Å². The summed E-state index contributed by atoms with van der Waals surface area (Å²) in [5.41, 5.74) is 2.05. The predicted octanol–water partition coefficient (Wildman–Crippen LogP) is 3.44. The molecular weight excluding hydrogens is 324 g/mol. The van der Waals surface area contributed by atoms with Crippen molar-refractivity contribution in [2.75, 3.05) is 13.2 Å². The number of halogens is 1. The second kappa shape index (κ2) is 6.48. The third-order valence-electron chi connectivity index (χ3n) is 3.49. The highest BCUT2D eigenvalue weighted by Gasteiger charge is 2.23. The van der Waals surface area contributed by atoms with E-state index >= 15 is 0 Å². The number of rotatable bonds is 4. The number of carboxylic acids is 1. The predicted molar refractivity (Wildman–Crippen MR) is 79.6 cm³/mol. The van der Waals surface area contributed by atoms with Crippen molar-refractivity contribution in [2.24, 2.45) is 5.92 Å². The lowest BCUT2D eigenvalue weighted by Crippen LogP contribution is -2.14. The van der Waals surface area contributed by atoms with Gasteiger partial charge in [-0.25, -0.2) is 0 Å². The van der Waals surface area contributed by atoms with Gasteiger partial charge >= 0.3 is 5.97 Å². The van der Waals surface area contributed by atoms with Gasteiger partial charge in [-0.05, 0) is 24.5 Å². The highest BCUT2D eigenvalue weighted by molar-refractivity contribution is 9.10. The van der Waals surface area contributed by atoms with Crippen molar-refractivity contribution in [3.8, 4) is 11.5 Å². The van der Waals surface area contributed by atoms with E-state index in [9.17, 15) is 4.79 Å². The van der Waals surface area contributed by atoms with Crippen LogP contribution >= 0.6 is 15.9 Å². The van der Waals surface area contributed by atoms with Crippen molar-refractivity contribution in [3.63, 3.8) is 0 Å². The molecule has 1 aliphatic heterocycles. The average molecular weight is 343 g/mol. The number of carbonyl (C=O) groups is 1. The van der Waals surface area contributed by atoms with E-state index in [-0.39, 0.29) is 0 Å². The molecule has 110 valence electrons. The number of hydrogen-bond acceptors (Lipinski definition) is 3. The summed E-state index contributed by atoms with van der Waals surface area (Å²) in [5, 5.41) is 9.11. The average Bonchev–Trinajstić information content (AvgIpc) is 2.64. The molecule has 0 fully saturated rings. The molecule has 2 rings (SSSR count). The Balaban J connectivity index is 2.45. The maximum absolute atomic E-state index is 11.1. The van der Waals surface area contributed by atoms with Crippen molar-refractivity contribution in [1.82, 2.24) is 0 Å².